The summed E-state index contributed by atoms with van der Waals surface area (Å²) in [6.45, 7) is 5.38. The second kappa shape index (κ2) is 4.66. The lowest BCUT2D eigenvalue weighted by Crippen LogP contribution is -2.47. The maximum Gasteiger partial charge on any atom is 0.226 e. The van der Waals surface area contributed by atoms with Gasteiger partial charge in [0.25, 0.3) is 0 Å². The molecule has 17 heavy (non-hydrogen) atoms. The van der Waals surface area contributed by atoms with Crippen molar-refractivity contribution in [1.82, 2.24) is 9.62 Å². The summed E-state index contributed by atoms with van der Waals surface area (Å²) in [5.41, 5.74) is -0.522. The molecular weight excluding hydrogens is 242 g/mol. The lowest BCUT2D eigenvalue weighted by molar-refractivity contribution is 0.209. The molecule has 1 rings (SSSR count). The fourth-order valence-corrected chi connectivity index (χ4v) is 3.26. The van der Waals surface area contributed by atoms with E-state index in [1.807, 2.05) is 0 Å². The van der Waals surface area contributed by atoms with Crippen LogP contribution in [0.2, 0.25) is 0 Å². The summed E-state index contributed by atoms with van der Waals surface area (Å²) in [5, 5.41) is 2.93. The first kappa shape index (κ1) is 14.0. The SMILES string of the molecule is CON=C1C(S(=O)(=O)NC(C)(C)C)C=CN1C. The van der Waals surface area contributed by atoms with Gasteiger partial charge in [0.1, 0.15) is 7.11 Å². The molecule has 7 heteroatoms. The first-order valence-corrected chi connectivity index (χ1v) is 6.77. The van der Waals surface area contributed by atoms with Crippen LogP contribution in [0.4, 0.5) is 0 Å². The highest BCUT2D eigenvalue weighted by molar-refractivity contribution is 7.91. The number of nitrogens with one attached hydrogen (secondary N) is 1. The van der Waals surface area contributed by atoms with Gasteiger partial charge in [0.05, 0.1) is 0 Å². The van der Waals surface area contributed by atoms with Crippen LogP contribution in [-0.2, 0) is 14.9 Å². The van der Waals surface area contributed by atoms with Crippen molar-refractivity contribution >= 4 is 15.9 Å². The van der Waals surface area contributed by atoms with E-state index in [-0.39, 0.29) is 0 Å². The first-order valence-electron chi connectivity index (χ1n) is 5.22. The van der Waals surface area contributed by atoms with Gasteiger partial charge >= 0.3 is 0 Å². The molecule has 0 aromatic heterocycles. The Labute approximate surface area is 102 Å². The van der Waals surface area contributed by atoms with Gasteiger partial charge in [0.2, 0.25) is 10.0 Å². The third-order valence-corrected chi connectivity index (χ3v) is 4.00. The van der Waals surface area contributed by atoms with Crippen LogP contribution in [0, 0.1) is 0 Å². The summed E-state index contributed by atoms with van der Waals surface area (Å²) in [5.74, 6) is 0.351. The van der Waals surface area contributed by atoms with E-state index in [4.69, 9.17) is 0 Å². The molecule has 6 nitrogen and oxygen atoms in total. The first-order chi connectivity index (χ1) is 7.67. The van der Waals surface area contributed by atoms with Crippen molar-refractivity contribution < 1.29 is 13.3 Å². The van der Waals surface area contributed by atoms with Gasteiger partial charge in [0.15, 0.2) is 11.1 Å². The molecular formula is C10H19N3O3S. The van der Waals surface area contributed by atoms with Crippen LogP contribution in [0.1, 0.15) is 20.8 Å². The number of amidine groups is 1. The maximum absolute atomic E-state index is 12.2. The monoisotopic (exact) mass is 261 g/mol. The fraction of sp³-hybridized carbons (Fsp3) is 0.700. The summed E-state index contributed by atoms with van der Waals surface area (Å²) in [6, 6.07) is 0. The van der Waals surface area contributed by atoms with E-state index in [1.54, 1.807) is 45.0 Å². The van der Waals surface area contributed by atoms with Crippen LogP contribution in [0.25, 0.3) is 0 Å². The number of sulfonamides is 1. The standard InChI is InChI=1S/C10H19N3O3S/c1-10(2,3)12-17(14,15)8-6-7-13(4)9(8)11-16-5/h6-8,12H,1-5H3. The molecule has 1 N–H and O–H groups in total. The Bertz CT molecular complexity index is 434. The second-order valence-corrected chi connectivity index (χ2v) is 6.70. The number of hydrogen-bond donors (Lipinski definition) is 1. The minimum atomic E-state index is -3.51. The van der Waals surface area contributed by atoms with Crippen molar-refractivity contribution in [3.63, 3.8) is 0 Å². The van der Waals surface area contributed by atoms with Gasteiger partial charge < -0.3 is 9.74 Å². The summed E-state index contributed by atoms with van der Waals surface area (Å²) >= 11 is 0. The van der Waals surface area contributed by atoms with E-state index in [0.717, 1.165) is 0 Å². The lowest BCUT2D eigenvalue weighted by Gasteiger charge is -2.23. The van der Waals surface area contributed by atoms with Crippen LogP contribution >= 0.6 is 0 Å². The lowest BCUT2D eigenvalue weighted by atomic mass is 10.1. The van der Waals surface area contributed by atoms with Gasteiger partial charge in [-0.15, -0.1) is 0 Å². The van der Waals surface area contributed by atoms with Gasteiger partial charge in [-0.25, -0.2) is 13.1 Å². The number of hydrogen-bond acceptors (Lipinski definition) is 4. The number of nitrogens with zero attached hydrogens (tertiary/aromatic N) is 2. The third kappa shape index (κ3) is 3.44. The summed E-state index contributed by atoms with van der Waals surface area (Å²) in [6.07, 6.45) is 3.23. The van der Waals surface area contributed by atoms with E-state index < -0.39 is 20.8 Å². The van der Waals surface area contributed by atoms with Crippen LogP contribution in [0.3, 0.4) is 0 Å². The molecule has 0 saturated carbocycles. The molecule has 1 aliphatic heterocycles. The Morgan fingerprint density at radius 1 is 1.47 bits per heavy atom. The molecule has 1 aliphatic rings. The molecule has 0 aliphatic carbocycles. The van der Waals surface area contributed by atoms with Crippen molar-refractivity contribution in [2.75, 3.05) is 14.2 Å². The van der Waals surface area contributed by atoms with E-state index in [2.05, 4.69) is 14.7 Å². The molecule has 0 fully saturated rings. The number of rotatable bonds is 3. The van der Waals surface area contributed by atoms with E-state index >= 15 is 0 Å². The van der Waals surface area contributed by atoms with Gasteiger partial charge in [-0.05, 0) is 26.8 Å². The van der Waals surface area contributed by atoms with Crippen LogP contribution in [0.15, 0.2) is 17.4 Å². The Kier molecular flexibility index (Phi) is 3.83. The highest BCUT2D eigenvalue weighted by Crippen LogP contribution is 2.17. The minimum Gasteiger partial charge on any atom is -0.398 e. The summed E-state index contributed by atoms with van der Waals surface area (Å²) in [7, 11) is -0.399. The second-order valence-electron chi connectivity index (χ2n) is 4.90. The van der Waals surface area contributed by atoms with E-state index in [1.165, 1.54) is 7.11 Å². The van der Waals surface area contributed by atoms with E-state index in [9.17, 15) is 8.42 Å². The summed E-state index contributed by atoms with van der Waals surface area (Å²) in [4.78, 5) is 6.29. The molecule has 0 aromatic carbocycles. The normalized spacial score (nSPS) is 23.5. The van der Waals surface area contributed by atoms with Crippen LogP contribution in [-0.4, -0.2) is 44.1 Å². The largest absolute Gasteiger partial charge is 0.398 e. The van der Waals surface area contributed by atoms with Gasteiger partial charge in [-0.3, -0.25) is 0 Å². The van der Waals surface area contributed by atoms with Crippen molar-refractivity contribution in [2.45, 2.75) is 31.6 Å². The third-order valence-electron chi connectivity index (χ3n) is 2.07. The van der Waals surface area contributed by atoms with Crippen molar-refractivity contribution in [1.29, 1.82) is 0 Å². The predicted molar refractivity (Wildman–Crippen MR) is 66.9 cm³/mol. The predicted octanol–water partition coefficient (Wildman–Crippen LogP) is 0.492. The Hall–Kier alpha value is -1.08. The molecule has 98 valence electrons. The van der Waals surface area contributed by atoms with Gasteiger partial charge in [0, 0.05) is 18.8 Å². The Morgan fingerprint density at radius 2 is 2.06 bits per heavy atom. The molecule has 1 unspecified atom stereocenters. The van der Waals surface area contributed by atoms with Crippen molar-refractivity contribution in [3.05, 3.63) is 12.3 Å². The Morgan fingerprint density at radius 3 is 2.53 bits per heavy atom. The van der Waals surface area contributed by atoms with Gasteiger partial charge in [-0.1, -0.05) is 5.16 Å². The highest BCUT2D eigenvalue weighted by atomic mass is 32.2. The molecule has 1 heterocycles. The molecule has 0 aromatic rings. The minimum absolute atomic E-state index is 0.351. The van der Waals surface area contributed by atoms with Crippen molar-refractivity contribution in [2.24, 2.45) is 5.16 Å². The van der Waals surface area contributed by atoms with Crippen LogP contribution in [0.5, 0.6) is 0 Å². The average molecular weight is 261 g/mol. The quantitative estimate of drug-likeness (QED) is 0.751. The zero-order valence-corrected chi connectivity index (χ0v) is 11.6. The topological polar surface area (TPSA) is 71.0 Å². The zero-order chi connectivity index (χ0) is 13.3. The van der Waals surface area contributed by atoms with Crippen LogP contribution < -0.4 is 4.72 Å². The molecule has 1 atom stereocenters. The maximum atomic E-state index is 12.2. The fourth-order valence-electron chi connectivity index (χ4n) is 1.51. The number of oxime groups is 1. The highest BCUT2D eigenvalue weighted by Gasteiger charge is 2.36. The Balaban J connectivity index is 3.00. The van der Waals surface area contributed by atoms with E-state index in [0.29, 0.717) is 5.84 Å². The molecule has 0 spiro atoms. The molecule has 0 saturated heterocycles. The van der Waals surface area contributed by atoms with Gasteiger partial charge in [-0.2, -0.15) is 0 Å². The zero-order valence-electron chi connectivity index (χ0n) is 10.8. The molecule has 0 amide bonds. The van der Waals surface area contributed by atoms with Crippen molar-refractivity contribution in [3.8, 4) is 0 Å². The average Bonchev–Trinajstić information content (AvgIpc) is 2.45. The molecule has 0 radical (unpaired) electrons. The molecule has 0 bridgehead atoms. The smallest absolute Gasteiger partial charge is 0.226 e. The summed E-state index contributed by atoms with van der Waals surface area (Å²) < 4.78 is 26.9.